The second-order valence-electron chi connectivity index (χ2n) is 2.79. The molecule has 3 nitrogen and oxygen atoms in total. The van der Waals surface area contributed by atoms with Crippen LogP contribution in [-0.2, 0) is 0 Å². The minimum atomic E-state index is -0.663. The number of para-hydroxylation sites is 1. The summed E-state index contributed by atoms with van der Waals surface area (Å²) in [6.07, 6.45) is 1.42. The van der Waals surface area contributed by atoms with Crippen molar-refractivity contribution in [2.24, 2.45) is 0 Å². The molecule has 0 aliphatic heterocycles. The molecule has 1 heterocycles. The molecule has 2 aromatic rings. The van der Waals surface area contributed by atoms with Gasteiger partial charge in [-0.15, -0.1) is 0 Å². The van der Waals surface area contributed by atoms with E-state index in [1.165, 1.54) is 24.4 Å². The smallest absolute Gasteiger partial charge is 0.189 e. The average molecular weight is 227 g/mol. The van der Waals surface area contributed by atoms with Crippen molar-refractivity contribution >= 4 is 27.2 Å². The molecule has 0 aliphatic rings. The van der Waals surface area contributed by atoms with Gasteiger partial charge in [-0.1, -0.05) is 17.4 Å². The third kappa shape index (κ3) is 2.04. The van der Waals surface area contributed by atoms with Gasteiger partial charge in [-0.25, -0.2) is 13.8 Å². The van der Waals surface area contributed by atoms with Crippen LogP contribution in [0.25, 0.3) is 0 Å². The van der Waals surface area contributed by atoms with E-state index in [1.807, 2.05) is 0 Å². The number of anilines is 3. The summed E-state index contributed by atoms with van der Waals surface area (Å²) in [7, 11) is 0. The number of halogens is 2. The van der Waals surface area contributed by atoms with Crippen molar-refractivity contribution in [3.63, 3.8) is 0 Å². The fourth-order valence-electron chi connectivity index (χ4n) is 1.07. The SMILES string of the molecule is Nc1cnc(Nc2c(F)cccc2F)s1. The topological polar surface area (TPSA) is 50.9 Å². The highest BCUT2D eigenvalue weighted by Gasteiger charge is 2.09. The van der Waals surface area contributed by atoms with Crippen molar-refractivity contribution < 1.29 is 8.78 Å². The largest absolute Gasteiger partial charge is 0.389 e. The molecule has 0 radical (unpaired) electrons. The third-order valence-electron chi connectivity index (χ3n) is 1.72. The van der Waals surface area contributed by atoms with Gasteiger partial charge in [-0.05, 0) is 12.1 Å². The van der Waals surface area contributed by atoms with Crippen LogP contribution < -0.4 is 11.1 Å². The monoisotopic (exact) mass is 227 g/mol. The molecule has 15 heavy (non-hydrogen) atoms. The van der Waals surface area contributed by atoms with E-state index in [0.29, 0.717) is 10.1 Å². The molecule has 0 unspecified atom stereocenters. The molecule has 0 fully saturated rings. The molecule has 78 valence electrons. The van der Waals surface area contributed by atoms with E-state index in [9.17, 15) is 8.78 Å². The molecule has 0 aliphatic carbocycles. The zero-order valence-electron chi connectivity index (χ0n) is 7.50. The Bertz CT molecular complexity index is 464. The number of hydrogen-bond acceptors (Lipinski definition) is 4. The Morgan fingerprint density at radius 2 is 1.93 bits per heavy atom. The number of thiazole rings is 1. The van der Waals surface area contributed by atoms with Crippen LogP contribution in [0.3, 0.4) is 0 Å². The Labute approximate surface area is 88.6 Å². The van der Waals surface area contributed by atoms with Gasteiger partial charge in [0.05, 0.1) is 6.20 Å². The Kier molecular flexibility index (Phi) is 2.51. The molecule has 0 atom stereocenters. The number of aromatic nitrogens is 1. The lowest BCUT2D eigenvalue weighted by molar-refractivity contribution is 0.591. The van der Waals surface area contributed by atoms with Gasteiger partial charge in [0.2, 0.25) is 0 Å². The summed E-state index contributed by atoms with van der Waals surface area (Å²) in [5.41, 5.74) is 5.22. The van der Waals surface area contributed by atoms with Gasteiger partial charge in [0.25, 0.3) is 0 Å². The molecule has 1 aromatic heterocycles. The number of nitrogens with two attached hydrogens (primary N) is 1. The molecule has 0 saturated heterocycles. The maximum Gasteiger partial charge on any atom is 0.189 e. The summed E-state index contributed by atoms with van der Waals surface area (Å²) >= 11 is 1.12. The van der Waals surface area contributed by atoms with Crippen LogP contribution >= 0.6 is 11.3 Å². The third-order valence-corrected chi connectivity index (χ3v) is 2.46. The maximum absolute atomic E-state index is 13.2. The van der Waals surface area contributed by atoms with Crippen LogP contribution in [0.4, 0.5) is 24.6 Å². The number of nitrogens with one attached hydrogen (secondary N) is 1. The van der Waals surface area contributed by atoms with Gasteiger partial charge in [0, 0.05) is 0 Å². The molecular formula is C9H7F2N3S. The highest BCUT2D eigenvalue weighted by Crippen LogP contribution is 2.27. The Balaban J connectivity index is 2.31. The molecule has 1 aromatic carbocycles. The van der Waals surface area contributed by atoms with Gasteiger partial charge in [-0.3, -0.25) is 0 Å². The molecule has 0 spiro atoms. The highest BCUT2D eigenvalue weighted by molar-refractivity contribution is 7.19. The first-order valence-corrected chi connectivity index (χ1v) is 4.91. The highest BCUT2D eigenvalue weighted by atomic mass is 32.1. The summed E-state index contributed by atoms with van der Waals surface area (Å²) < 4.78 is 26.4. The first-order valence-electron chi connectivity index (χ1n) is 4.09. The van der Waals surface area contributed by atoms with Gasteiger partial charge in [-0.2, -0.15) is 0 Å². The van der Waals surface area contributed by atoms with Gasteiger partial charge in [0.1, 0.15) is 22.3 Å². The van der Waals surface area contributed by atoms with Crippen LogP contribution in [-0.4, -0.2) is 4.98 Å². The van der Waals surface area contributed by atoms with Crippen LogP contribution in [0.2, 0.25) is 0 Å². The zero-order chi connectivity index (χ0) is 10.8. The quantitative estimate of drug-likeness (QED) is 0.829. The van der Waals surface area contributed by atoms with E-state index in [2.05, 4.69) is 10.3 Å². The minimum Gasteiger partial charge on any atom is -0.389 e. The zero-order valence-corrected chi connectivity index (χ0v) is 8.31. The second kappa shape index (κ2) is 3.82. The average Bonchev–Trinajstić information content (AvgIpc) is 2.58. The standard InChI is InChI=1S/C9H7F2N3S/c10-5-2-1-3-6(11)8(5)14-9-13-4-7(12)15-9/h1-4H,12H2,(H,13,14). The van der Waals surface area contributed by atoms with Crippen molar-refractivity contribution in [1.82, 2.24) is 4.98 Å². The molecule has 0 amide bonds. The first-order chi connectivity index (χ1) is 7.16. The summed E-state index contributed by atoms with van der Waals surface area (Å²) in [4.78, 5) is 3.84. The first kappa shape index (κ1) is 9.85. The van der Waals surface area contributed by atoms with Crippen molar-refractivity contribution in [2.45, 2.75) is 0 Å². The summed E-state index contributed by atoms with van der Waals surface area (Å²) in [6, 6.07) is 3.64. The molecule has 2 rings (SSSR count). The Hall–Kier alpha value is -1.69. The predicted molar refractivity (Wildman–Crippen MR) is 56.2 cm³/mol. The summed E-state index contributed by atoms with van der Waals surface area (Å²) in [5.74, 6) is -1.33. The Morgan fingerprint density at radius 3 is 2.47 bits per heavy atom. The minimum absolute atomic E-state index is 0.216. The molecule has 0 saturated carbocycles. The fourth-order valence-corrected chi connectivity index (χ4v) is 1.66. The lowest BCUT2D eigenvalue weighted by Gasteiger charge is -2.04. The fraction of sp³-hybridized carbons (Fsp3) is 0. The predicted octanol–water partition coefficient (Wildman–Crippen LogP) is 2.75. The molecule has 6 heteroatoms. The number of hydrogen-bond donors (Lipinski definition) is 2. The van der Waals surface area contributed by atoms with Crippen LogP contribution in [0.5, 0.6) is 0 Å². The number of benzene rings is 1. The molecule has 3 N–H and O–H groups in total. The maximum atomic E-state index is 13.2. The van der Waals surface area contributed by atoms with Crippen molar-refractivity contribution in [1.29, 1.82) is 0 Å². The van der Waals surface area contributed by atoms with E-state index < -0.39 is 11.6 Å². The number of nitrogen functional groups attached to an aromatic ring is 1. The number of nitrogens with zero attached hydrogens (tertiary/aromatic N) is 1. The summed E-state index contributed by atoms with van der Waals surface area (Å²) in [6.45, 7) is 0. The van der Waals surface area contributed by atoms with Crippen LogP contribution in [0.1, 0.15) is 0 Å². The summed E-state index contributed by atoms with van der Waals surface area (Å²) in [5, 5.41) is 3.38. The second-order valence-corrected chi connectivity index (χ2v) is 3.85. The van der Waals surface area contributed by atoms with E-state index in [-0.39, 0.29) is 5.69 Å². The molecule has 0 bridgehead atoms. The van der Waals surface area contributed by atoms with Crippen LogP contribution in [0, 0.1) is 11.6 Å². The van der Waals surface area contributed by atoms with Gasteiger partial charge < -0.3 is 11.1 Å². The normalized spacial score (nSPS) is 10.3. The lowest BCUT2D eigenvalue weighted by Crippen LogP contribution is -1.96. The number of rotatable bonds is 2. The Morgan fingerprint density at radius 1 is 1.27 bits per heavy atom. The van der Waals surface area contributed by atoms with Gasteiger partial charge >= 0.3 is 0 Å². The van der Waals surface area contributed by atoms with Gasteiger partial charge in [0.15, 0.2) is 5.13 Å². The van der Waals surface area contributed by atoms with Crippen molar-refractivity contribution in [3.05, 3.63) is 36.0 Å². The molecular weight excluding hydrogens is 220 g/mol. The van der Waals surface area contributed by atoms with E-state index in [4.69, 9.17) is 5.73 Å². The van der Waals surface area contributed by atoms with Crippen molar-refractivity contribution in [3.8, 4) is 0 Å². The lowest BCUT2D eigenvalue weighted by atomic mass is 10.3. The van der Waals surface area contributed by atoms with E-state index in [1.54, 1.807) is 0 Å². The van der Waals surface area contributed by atoms with E-state index in [0.717, 1.165) is 11.3 Å². The van der Waals surface area contributed by atoms with E-state index >= 15 is 0 Å². The van der Waals surface area contributed by atoms with Crippen molar-refractivity contribution in [2.75, 3.05) is 11.1 Å². The van der Waals surface area contributed by atoms with Crippen LogP contribution in [0.15, 0.2) is 24.4 Å².